The number of aromatic nitrogens is 2. The molecular weight excluding hydrogens is 467 g/mol. The molecule has 9 heteroatoms. The fraction of sp³-hybridized carbons (Fsp3) is 0.261. The highest BCUT2D eigenvalue weighted by Gasteiger charge is 2.22. The molecule has 0 atom stereocenters. The lowest BCUT2D eigenvalue weighted by molar-refractivity contribution is -0.128. The molecule has 0 saturated carbocycles. The first-order chi connectivity index (χ1) is 15.5. The average Bonchev–Trinajstić information content (AvgIpc) is 2.79. The minimum absolute atomic E-state index is 0.0198. The van der Waals surface area contributed by atoms with Gasteiger partial charge in [0, 0.05) is 48.5 Å². The fourth-order valence-corrected chi connectivity index (χ4v) is 4.94. The number of halogens is 2. The van der Waals surface area contributed by atoms with E-state index in [1.165, 1.54) is 16.3 Å². The summed E-state index contributed by atoms with van der Waals surface area (Å²) in [7, 11) is 0. The van der Waals surface area contributed by atoms with Crippen molar-refractivity contribution in [1.82, 2.24) is 14.5 Å². The van der Waals surface area contributed by atoms with E-state index in [1.807, 2.05) is 29.2 Å². The molecule has 166 valence electrons. The molecule has 3 aromatic rings. The van der Waals surface area contributed by atoms with Gasteiger partial charge in [0.25, 0.3) is 5.56 Å². The van der Waals surface area contributed by atoms with Crippen molar-refractivity contribution in [2.75, 3.05) is 36.8 Å². The normalized spacial score (nSPS) is 14.1. The van der Waals surface area contributed by atoms with Crippen LogP contribution >= 0.6 is 35.0 Å². The summed E-state index contributed by atoms with van der Waals surface area (Å²) in [5, 5.41) is 2.18. The zero-order valence-electron chi connectivity index (χ0n) is 17.3. The number of hydrogen-bond acceptors (Lipinski definition) is 5. The van der Waals surface area contributed by atoms with Crippen molar-refractivity contribution in [1.29, 1.82) is 0 Å². The minimum Gasteiger partial charge on any atom is -0.368 e. The van der Waals surface area contributed by atoms with E-state index >= 15 is 0 Å². The summed E-state index contributed by atoms with van der Waals surface area (Å²) in [4.78, 5) is 34.4. The monoisotopic (exact) mass is 488 g/mol. The zero-order valence-corrected chi connectivity index (χ0v) is 19.7. The van der Waals surface area contributed by atoms with E-state index in [0.29, 0.717) is 45.7 Å². The molecule has 6 nitrogen and oxygen atoms in total. The largest absolute Gasteiger partial charge is 0.368 e. The van der Waals surface area contributed by atoms with Crippen LogP contribution in [-0.4, -0.2) is 52.3 Å². The summed E-state index contributed by atoms with van der Waals surface area (Å²) in [6.45, 7) is 6.79. The molecule has 1 amide bonds. The molecule has 1 aliphatic heterocycles. The van der Waals surface area contributed by atoms with Gasteiger partial charge in [0.15, 0.2) is 5.16 Å². The van der Waals surface area contributed by atoms with Crippen molar-refractivity contribution < 1.29 is 4.79 Å². The Kier molecular flexibility index (Phi) is 7.08. The van der Waals surface area contributed by atoms with Crippen LogP contribution in [0, 0.1) is 0 Å². The van der Waals surface area contributed by atoms with E-state index in [9.17, 15) is 9.59 Å². The lowest BCUT2D eigenvalue weighted by atomic mass is 10.2. The number of benzene rings is 2. The first kappa shape index (κ1) is 22.7. The van der Waals surface area contributed by atoms with Gasteiger partial charge in [0.05, 0.1) is 16.7 Å². The van der Waals surface area contributed by atoms with Gasteiger partial charge in [-0.05, 0) is 36.4 Å². The van der Waals surface area contributed by atoms with Gasteiger partial charge in [0.1, 0.15) is 0 Å². The highest BCUT2D eigenvalue weighted by molar-refractivity contribution is 7.99. The Morgan fingerprint density at radius 3 is 2.56 bits per heavy atom. The van der Waals surface area contributed by atoms with Crippen LogP contribution in [0.1, 0.15) is 0 Å². The second-order valence-corrected chi connectivity index (χ2v) is 9.21. The number of amides is 1. The molecule has 1 fully saturated rings. The topological polar surface area (TPSA) is 58.4 Å². The standard InChI is InChI=1S/C23H22Cl2N4O2S/c1-2-8-29-22(31)19-7-6-17(25)14-20(19)26-23(29)32-15-21(30)28-11-9-27(10-12-28)18-5-3-4-16(24)13-18/h2-7,13-14H,1,8-12,15H2. The third-order valence-electron chi connectivity index (χ3n) is 5.32. The SMILES string of the molecule is C=CCn1c(SCC(=O)N2CCN(c3cccc(Cl)c3)CC2)nc2cc(Cl)ccc2c1=O. The van der Waals surface area contributed by atoms with Crippen LogP contribution in [0.2, 0.25) is 10.0 Å². The molecule has 0 unspecified atom stereocenters. The molecule has 1 aromatic heterocycles. The molecule has 0 bridgehead atoms. The number of carbonyl (C=O) groups excluding carboxylic acids is 1. The Hall–Kier alpha value is -2.48. The highest BCUT2D eigenvalue weighted by Crippen LogP contribution is 2.23. The molecule has 0 radical (unpaired) electrons. The van der Waals surface area contributed by atoms with Crippen molar-refractivity contribution >= 4 is 57.5 Å². The molecule has 1 aliphatic rings. The Balaban J connectivity index is 1.44. The molecule has 4 rings (SSSR count). The predicted molar refractivity (Wildman–Crippen MR) is 132 cm³/mol. The molecule has 1 saturated heterocycles. The number of piperazine rings is 1. The van der Waals surface area contributed by atoms with E-state index < -0.39 is 0 Å². The number of hydrogen-bond donors (Lipinski definition) is 0. The van der Waals surface area contributed by atoms with Crippen molar-refractivity contribution in [2.45, 2.75) is 11.7 Å². The van der Waals surface area contributed by atoms with Gasteiger partial charge >= 0.3 is 0 Å². The summed E-state index contributed by atoms with van der Waals surface area (Å²) in [6, 6.07) is 12.7. The Bertz CT molecular complexity index is 1220. The Morgan fingerprint density at radius 2 is 1.84 bits per heavy atom. The van der Waals surface area contributed by atoms with Crippen LogP contribution < -0.4 is 10.5 Å². The fourth-order valence-electron chi connectivity index (χ4n) is 3.68. The van der Waals surface area contributed by atoms with Gasteiger partial charge in [0.2, 0.25) is 5.91 Å². The minimum atomic E-state index is -0.170. The first-order valence-electron chi connectivity index (χ1n) is 10.2. The maximum atomic E-state index is 12.9. The predicted octanol–water partition coefficient (Wildman–Crippen LogP) is 4.33. The van der Waals surface area contributed by atoms with Crippen molar-refractivity contribution in [3.8, 4) is 0 Å². The summed E-state index contributed by atoms with van der Waals surface area (Å²) in [5.74, 6) is 0.221. The molecular formula is C23H22Cl2N4O2S. The number of fused-ring (bicyclic) bond motifs is 1. The van der Waals surface area contributed by atoms with Crippen LogP contribution in [0.5, 0.6) is 0 Å². The maximum Gasteiger partial charge on any atom is 0.262 e. The molecule has 32 heavy (non-hydrogen) atoms. The third-order valence-corrected chi connectivity index (χ3v) is 6.76. The van der Waals surface area contributed by atoms with Gasteiger partial charge < -0.3 is 9.80 Å². The van der Waals surface area contributed by atoms with Gasteiger partial charge in [-0.25, -0.2) is 4.98 Å². The molecule has 2 aromatic carbocycles. The van der Waals surface area contributed by atoms with Crippen LogP contribution in [0.25, 0.3) is 10.9 Å². The van der Waals surface area contributed by atoms with Crippen LogP contribution in [0.3, 0.4) is 0 Å². The second-order valence-electron chi connectivity index (χ2n) is 7.40. The van der Waals surface area contributed by atoms with Crippen molar-refractivity contribution in [3.63, 3.8) is 0 Å². The number of thioether (sulfide) groups is 1. The molecule has 0 spiro atoms. The summed E-state index contributed by atoms with van der Waals surface area (Å²) >= 11 is 13.4. The van der Waals surface area contributed by atoms with Gasteiger partial charge in [-0.15, -0.1) is 6.58 Å². The Morgan fingerprint density at radius 1 is 1.09 bits per heavy atom. The maximum absolute atomic E-state index is 12.9. The van der Waals surface area contributed by atoms with Crippen LogP contribution in [-0.2, 0) is 11.3 Å². The zero-order chi connectivity index (χ0) is 22.7. The van der Waals surface area contributed by atoms with E-state index in [-0.39, 0.29) is 17.2 Å². The number of rotatable bonds is 6. The first-order valence-corrected chi connectivity index (χ1v) is 11.9. The molecule has 2 heterocycles. The van der Waals surface area contributed by atoms with Crippen molar-refractivity contribution in [2.24, 2.45) is 0 Å². The van der Waals surface area contributed by atoms with E-state index in [4.69, 9.17) is 23.2 Å². The summed E-state index contributed by atoms with van der Waals surface area (Å²) in [5.41, 5.74) is 1.41. The van der Waals surface area contributed by atoms with Gasteiger partial charge in [-0.1, -0.05) is 47.1 Å². The highest BCUT2D eigenvalue weighted by atomic mass is 35.5. The van der Waals surface area contributed by atoms with E-state index in [0.717, 1.165) is 18.8 Å². The third kappa shape index (κ3) is 4.95. The second kappa shape index (κ2) is 9.98. The van der Waals surface area contributed by atoms with E-state index in [2.05, 4.69) is 16.5 Å². The quantitative estimate of drug-likeness (QED) is 0.293. The number of allylic oxidation sites excluding steroid dienone is 1. The smallest absolute Gasteiger partial charge is 0.262 e. The van der Waals surface area contributed by atoms with E-state index in [1.54, 1.807) is 24.3 Å². The average molecular weight is 489 g/mol. The van der Waals surface area contributed by atoms with Crippen LogP contribution in [0.15, 0.2) is 65.1 Å². The van der Waals surface area contributed by atoms with Crippen molar-refractivity contribution in [3.05, 3.63) is 75.5 Å². The lowest BCUT2D eigenvalue weighted by Crippen LogP contribution is -2.49. The number of carbonyl (C=O) groups is 1. The number of nitrogens with zero attached hydrogens (tertiary/aromatic N) is 4. The summed E-state index contributed by atoms with van der Waals surface area (Å²) in [6.07, 6.45) is 1.64. The molecule has 0 aliphatic carbocycles. The van der Waals surface area contributed by atoms with Gasteiger partial charge in [-0.2, -0.15) is 0 Å². The molecule has 0 N–H and O–H groups in total. The lowest BCUT2D eigenvalue weighted by Gasteiger charge is -2.36. The number of anilines is 1. The summed E-state index contributed by atoms with van der Waals surface area (Å²) < 4.78 is 1.54. The van der Waals surface area contributed by atoms with Gasteiger partial charge in [-0.3, -0.25) is 14.2 Å². The Labute approximate surface area is 200 Å². The van der Waals surface area contributed by atoms with Crippen LogP contribution in [0.4, 0.5) is 5.69 Å².